The highest BCUT2D eigenvalue weighted by Gasteiger charge is 2.10. The minimum Gasteiger partial charge on any atom is -0.395 e. The molecule has 0 bridgehead atoms. The molecule has 0 saturated carbocycles. The number of nitrogens with one attached hydrogen (secondary N) is 1. The molecule has 0 fully saturated rings. The van der Waals surface area contributed by atoms with Gasteiger partial charge in [-0.2, -0.15) is 11.3 Å². The van der Waals surface area contributed by atoms with Gasteiger partial charge in [-0.25, -0.2) is 0 Å². The van der Waals surface area contributed by atoms with Crippen molar-refractivity contribution >= 4 is 11.3 Å². The molecule has 1 aromatic rings. The predicted molar refractivity (Wildman–Crippen MR) is 57.0 cm³/mol. The maximum absolute atomic E-state index is 9.01. The Bertz CT molecular complexity index is 219. The summed E-state index contributed by atoms with van der Waals surface area (Å²) in [6, 6.07) is 2.67. The number of aliphatic hydroxyl groups excluding tert-OH is 1. The lowest BCUT2D eigenvalue weighted by Gasteiger charge is -2.19. The molecule has 2 nitrogen and oxygen atoms in total. The van der Waals surface area contributed by atoms with E-state index < -0.39 is 0 Å². The monoisotopic (exact) mass is 199 g/mol. The van der Waals surface area contributed by atoms with Gasteiger partial charge in [0.05, 0.1) is 6.61 Å². The zero-order chi connectivity index (χ0) is 9.68. The van der Waals surface area contributed by atoms with Crippen molar-refractivity contribution in [3.8, 4) is 0 Å². The van der Waals surface area contributed by atoms with Crippen molar-refractivity contribution in [3.63, 3.8) is 0 Å². The molecule has 0 spiro atoms. The van der Waals surface area contributed by atoms with Crippen molar-refractivity contribution < 1.29 is 5.11 Å². The second-order valence-electron chi connectivity index (χ2n) is 3.23. The molecule has 1 rings (SSSR count). The largest absolute Gasteiger partial charge is 0.395 e. The third-order valence-corrected chi connectivity index (χ3v) is 2.94. The van der Waals surface area contributed by atoms with E-state index in [1.54, 1.807) is 11.3 Å². The van der Waals surface area contributed by atoms with Crippen LogP contribution in [0.1, 0.15) is 31.9 Å². The van der Waals surface area contributed by atoms with Crippen LogP contribution in [0.2, 0.25) is 0 Å². The highest BCUT2D eigenvalue weighted by Crippen LogP contribution is 2.16. The Morgan fingerprint density at radius 3 is 2.85 bits per heavy atom. The van der Waals surface area contributed by atoms with E-state index in [4.69, 9.17) is 5.11 Å². The highest BCUT2D eigenvalue weighted by molar-refractivity contribution is 7.07. The van der Waals surface area contributed by atoms with Gasteiger partial charge in [-0.1, -0.05) is 6.92 Å². The van der Waals surface area contributed by atoms with Crippen molar-refractivity contribution in [2.75, 3.05) is 6.61 Å². The SMILES string of the molecule is CC[C@@H](CO)NC(C)c1ccsc1. The third-order valence-electron chi connectivity index (χ3n) is 2.24. The second-order valence-corrected chi connectivity index (χ2v) is 4.01. The van der Waals surface area contributed by atoms with Crippen LogP contribution >= 0.6 is 11.3 Å². The lowest BCUT2D eigenvalue weighted by atomic mass is 10.1. The van der Waals surface area contributed by atoms with Gasteiger partial charge in [0.1, 0.15) is 0 Å². The van der Waals surface area contributed by atoms with Gasteiger partial charge >= 0.3 is 0 Å². The van der Waals surface area contributed by atoms with E-state index >= 15 is 0 Å². The molecule has 0 amide bonds. The lowest BCUT2D eigenvalue weighted by Crippen LogP contribution is -2.33. The van der Waals surface area contributed by atoms with E-state index in [-0.39, 0.29) is 12.6 Å². The highest BCUT2D eigenvalue weighted by atomic mass is 32.1. The Morgan fingerprint density at radius 2 is 2.38 bits per heavy atom. The number of hydrogen-bond donors (Lipinski definition) is 2. The molecule has 13 heavy (non-hydrogen) atoms. The van der Waals surface area contributed by atoms with Crippen molar-refractivity contribution in [1.82, 2.24) is 5.32 Å². The quantitative estimate of drug-likeness (QED) is 0.761. The Balaban J connectivity index is 2.45. The first-order valence-corrected chi connectivity index (χ1v) is 5.61. The Hall–Kier alpha value is -0.380. The Kier molecular flexibility index (Phi) is 4.42. The maximum Gasteiger partial charge on any atom is 0.0584 e. The van der Waals surface area contributed by atoms with E-state index in [0.717, 1.165) is 6.42 Å². The molecule has 1 heterocycles. The van der Waals surface area contributed by atoms with Crippen LogP contribution in [0.4, 0.5) is 0 Å². The fraction of sp³-hybridized carbons (Fsp3) is 0.600. The molecule has 0 aliphatic carbocycles. The van der Waals surface area contributed by atoms with Crippen molar-refractivity contribution in [2.24, 2.45) is 0 Å². The van der Waals surface area contributed by atoms with Gasteiger partial charge in [-0.3, -0.25) is 0 Å². The van der Waals surface area contributed by atoms with Crippen LogP contribution in [0.25, 0.3) is 0 Å². The zero-order valence-electron chi connectivity index (χ0n) is 8.16. The van der Waals surface area contributed by atoms with E-state index in [2.05, 4.69) is 36.0 Å². The fourth-order valence-corrected chi connectivity index (χ4v) is 2.02. The van der Waals surface area contributed by atoms with E-state index in [9.17, 15) is 0 Å². The number of thiophene rings is 1. The molecule has 1 aromatic heterocycles. The molecule has 0 radical (unpaired) electrons. The summed E-state index contributed by atoms with van der Waals surface area (Å²) >= 11 is 1.71. The van der Waals surface area contributed by atoms with Gasteiger partial charge in [-0.15, -0.1) is 0 Å². The van der Waals surface area contributed by atoms with E-state index in [1.807, 2.05) is 0 Å². The average Bonchev–Trinajstić information content (AvgIpc) is 2.66. The van der Waals surface area contributed by atoms with Crippen LogP contribution in [0.3, 0.4) is 0 Å². The van der Waals surface area contributed by atoms with Crippen molar-refractivity contribution in [3.05, 3.63) is 22.4 Å². The van der Waals surface area contributed by atoms with Crippen LogP contribution in [-0.2, 0) is 0 Å². The summed E-state index contributed by atoms with van der Waals surface area (Å²) in [6.07, 6.45) is 0.963. The first kappa shape index (κ1) is 10.7. The molecule has 3 heteroatoms. The number of rotatable bonds is 5. The van der Waals surface area contributed by atoms with Gasteiger partial charge in [0.15, 0.2) is 0 Å². The van der Waals surface area contributed by atoms with Crippen molar-refractivity contribution in [2.45, 2.75) is 32.4 Å². The van der Waals surface area contributed by atoms with Crippen LogP contribution < -0.4 is 5.32 Å². The van der Waals surface area contributed by atoms with Crippen LogP contribution in [-0.4, -0.2) is 17.8 Å². The van der Waals surface area contributed by atoms with Gasteiger partial charge in [0, 0.05) is 12.1 Å². The van der Waals surface area contributed by atoms with Crippen molar-refractivity contribution in [1.29, 1.82) is 0 Å². The summed E-state index contributed by atoms with van der Waals surface area (Å²) in [5, 5.41) is 16.6. The molecule has 0 aliphatic heterocycles. The molecule has 2 N–H and O–H groups in total. The van der Waals surface area contributed by atoms with Gasteiger partial charge in [0.25, 0.3) is 0 Å². The molecule has 1 unspecified atom stereocenters. The fourth-order valence-electron chi connectivity index (χ4n) is 1.27. The molecule has 0 aliphatic rings. The minimum absolute atomic E-state index is 0.213. The molecule has 74 valence electrons. The summed E-state index contributed by atoms with van der Waals surface area (Å²) in [7, 11) is 0. The van der Waals surface area contributed by atoms with Gasteiger partial charge in [-0.05, 0) is 35.7 Å². The maximum atomic E-state index is 9.01. The summed E-state index contributed by atoms with van der Waals surface area (Å²) in [6.45, 7) is 4.42. The first-order valence-electron chi connectivity index (χ1n) is 4.67. The Labute approximate surface area is 83.6 Å². The average molecular weight is 199 g/mol. The van der Waals surface area contributed by atoms with Crippen LogP contribution in [0, 0.1) is 0 Å². The zero-order valence-corrected chi connectivity index (χ0v) is 8.97. The Morgan fingerprint density at radius 1 is 1.62 bits per heavy atom. The van der Waals surface area contributed by atoms with Gasteiger partial charge < -0.3 is 10.4 Å². The smallest absolute Gasteiger partial charge is 0.0584 e. The predicted octanol–water partition coefficient (Wildman–Crippen LogP) is 2.17. The molecular formula is C10H17NOS. The summed E-state index contributed by atoms with van der Waals surface area (Å²) < 4.78 is 0. The molecule has 2 atom stereocenters. The molecule has 0 aromatic carbocycles. The normalized spacial score (nSPS) is 15.6. The minimum atomic E-state index is 0.213. The van der Waals surface area contributed by atoms with Crippen LogP contribution in [0.5, 0.6) is 0 Å². The van der Waals surface area contributed by atoms with E-state index in [0.29, 0.717) is 6.04 Å². The van der Waals surface area contributed by atoms with Gasteiger partial charge in [0.2, 0.25) is 0 Å². The summed E-state index contributed by atoms with van der Waals surface area (Å²) in [5.74, 6) is 0. The second kappa shape index (κ2) is 5.37. The number of aliphatic hydroxyl groups is 1. The lowest BCUT2D eigenvalue weighted by molar-refractivity contribution is 0.230. The molecule has 0 saturated heterocycles. The summed E-state index contributed by atoms with van der Waals surface area (Å²) in [5.41, 5.74) is 1.30. The molecular weight excluding hydrogens is 182 g/mol. The first-order chi connectivity index (χ1) is 6.27. The number of hydrogen-bond acceptors (Lipinski definition) is 3. The summed E-state index contributed by atoms with van der Waals surface area (Å²) in [4.78, 5) is 0. The van der Waals surface area contributed by atoms with Crippen LogP contribution in [0.15, 0.2) is 16.8 Å². The third kappa shape index (κ3) is 3.10. The topological polar surface area (TPSA) is 32.3 Å². The van der Waals surface area contributed by atoms with E-state index in [1.165, 1.54) is 5.56 Å². The standard InChI is InChI=1S/C10H17NOS/c1-3-10(6-12)11-8(2)9-4-5-13-7-9/h4-5,7-8,10-12H,3,6H2,1-2H3/t8?,10-/m0/s1.